The molecule has 4 nitrogen and oxygen atoms in total. The summed E-state index contributed by atoms with van der Waals surface area (Å²) < 4.78 is 0. The van der Waals surface area contributed by atoms with Gasteiger partial charge in [-0.05, 0) is 35.8 Å². The van der Waals surface area contributed by atoms with Crippen LogP contribution in [0.3, 0.4) is 0 Å². The van der Waals surface area contributed by atoms with E-state index in [1.807, 2.05) is 72.9 Å². The van der Waals surface area contributed by atoms with Crippen molar-refractivity contribution in [3.63, 3.8) is 0 Å². The van der Waals surface area contributed by atoms with Crippen LogP contribution in [0.1, 0.15) is 16.7 Å². The second-order valence-corrected chi connectivity index (χ2v) is 6.56. The first-order chi connectivity index (χ1) is 13.8. The molecule has 0 atom stereocenters. The fraction of sp³-hybridized carbons (Fsp3) is 0.0833. The molecule has 0 saturated heterocycles. The van der Waals surface area contributed by atoms with E-state index in [4.69, 9.17) is 0 Å². The summed E-state index contributed by atoms with van der Waals surface area (Å²) in [7, 11) is 0. The van der Waals surface area contributed by atoms with Crippen molar-refractivity contribution in [1.82, 2.24) is 15.3 Å². The first-order valence-electron chi connectivity index (χ1n) is 9.32. The van der Waals surface area contributed by atoms with Crippen molar-refractivity contribution in [3.8, 4) is 0 Å². The lowest BCUT2D eigenvalue weighted by atomic mass is 10.0. The maximum absolute atomic E-state index is 13.0. The molecule has 4 aromatic rings. The third-order valence-electron chi connectivity index (χ3n) is 4.65. The van der Waals surface area contributed by atoms with E-state index >= 15 is 0 Å². The molecule has 0 fully saturated rings. The number of benzene rings is 2. The molecule has 2 N–H and O–H groups in total. The minimum absolute atomic E-state index is 0.0830. The highest BCUT2D eigenvalue weighted by Gasteiger charge is 2.13. The minimum Gasteiger partial charge on any atom is -0.352 e. The molecule has 2 heterocycles. The maximum Gasteiger partial charge on any atom is 0.251 e. The van der Waals surface area contributed by atoms with Crippen molar-refractivity contribution in [3.05, 3.63) is 102 Å². The Morgan fingerprint density at radius 1 is 0.964 bits per heavy atom. The molecule has 138 valence electrons. The number of hydrogen-bond donors (Lipinski definition) is 2. The average molecular weight is 367 g/mol. The quantitative estimate of drug-likeness (QED) is 0.494. The highest BCUT2D eigenvalue weighted by Crippen LogP contribution is 2.23. The van der Waals surface area contributed by atoms with E-state index < -0.39 is 0 Å². The summed E-state index contributed by atoms with van der Waals surface area (Å²) in [5, 5.41) is 4.05. The number of pyridine rings is 1. The molecule has 0 saturated carbocycles. The third-order valence-corrected chi connectivity index (χ3v) is 4.65. The maximum atomic E-state index is 13.0. The van der Waals surface area contributed by atoms with Gasteiger partial charge in [-0.3, -0.25) is 4.79 Å². The number of carbonyl (C=O) groups excluding carboxylic acids is 1. The van der Waals surface area contributed by atoms with Crippen LogP contribution in [0, 0.1) is 0 Å². The van der Waals surface area contributed by atoms with Crippen LogP contribution in [0.15, 0.2) is 85.2 Å². The topological polar surface area (TPSA) is 57.8 Å². The molecule has 4 rings (SSSR count). The van der Waals surface area contributed by atoms with Crippen LogP contribution in [0.5, 0.6) is 0 Å². The molecule has 2 aromatic carbocycles. The Kier molecular flexibility index (Phi) is 5.29. The number of aromatic nitrogens is 2. The number of fused-ring (bicyclic) bond motifs is 1. The van der Waals surface area contributed by atoms with Gasteiger partial charge in [0.25, 0.3) is 5.91 Å². The predicted molar refractivity (Wildman–Crippen MR) is 114 cm³/mol. The van der Waals surface area contributed by atoms with Crippen LogP contribution >= 0.6 is 0 Å². The summed E-state index contributed by atoms with van der Waals surface area (Å²) in [6.07, 6.45) is 6.36. The Morgan fingerprint density at radius 3 is 2.50 bits per heavy atom. The van der Waals surface area contributed by atoms with Gasteiger partial charge < -0.3 is 10.3 Å². The van der Waals surface area contributed by atoms with Gasteiger partial charge in [-0.15, -0.1) is 0 Å². The van der Waals surface area contributed by atoms with Crippen LogP contribution in [0.25, 0.3) is 22.7 Å². The molecule has 2 aromatic heterocycles. The molecule has 28 heavy (non-hydrogen) atoms. The second-order valence-electron chi connectivity index (χ2n) is 6.56. The number of H-pyrrole nitrogens is 1. The van der Waals surface area contributed by atoms with Crippen molar-refractivity contribution >= 4 is 28.6 Å². The number of amides is 1. The van der Waals surface area contributed by atoms with Gasteiger partial charge in [-0.1, -0.05) is 60.7 Å². The first kappa shape index (κ1) is 17.7. The van der Waals surface area contributed by atoms with Gasteiger partial charge in [0.05, 0.1) is 0 Å². The summed E-state index contributed by atoms with van der Waals surface area (Å²) >= 11 is 0. The molecule has 0 radical (unpaired) electrons. The van der Waals surface area contributed by atoms with Gasteiger partial charge in [0.2, 0.25) is 0 Å². The van der Waals surface area contributed by atoms with Gasteiger partial charge in [0.1, 0.15) is 5.65 Å². The number of aromatic amines is 1. The number of rotatable bonds is 6. The third kappa shape index (κ3) is 4.01. The van der Waals surface area contributed by atoms with E-state index in [0.717, 1.165) is 28.6 Å². The zero-order valence-corrected chi connectivity index (χ0v) is 15.4. The minimum atomic E-state index is -0.0830. The summed E-state index contributed by atoms with van der Waals surface area (Å²) in [6, 6.07) is 23.8. The standard InChI is InChI=1S/C24H21N3O/c28-24(26-15-13-18-8-3-1-4-9-18)22(19-10-5-2-6-11-19)16-20-17-27-23-21(20)12-7-14-25-23/h1-12,14,16-17H,13,15H2,(H,25,27)(H,26,28). The Labute approximate surface area is 164 Å². The lowest BCUT2D eigenvalue weighted by Crippen LogP contribution is -2.26. The van der Waals surface area contributed by atoms with Gasteiger partial charge in [0, 0.05) is 35.5 Å². The monoisotopic (exact) mass is 367 g/mol. The van der Waals surface area contributed by atoms with Crippen molar-refractivity contribution < 1.29 is 4.79 Å². The van der Waals surface area contributed by atoms with Gasteiger partial charge in [-0.25, -0.2) is 4.98 Å². The van der Waals surface area contributed by atoms with E-state index in [1.54, 1.807) is 6.20 Å². The Hall–Kier alpha value is -3.66. The number of carbonyl (C=O) groups is 1. The van der Waals surface area contributed by atoms with Gasteiger partial charge in [0.15, 0.2) is 0 Å². The SMILES string of the molecule is O=C(NCCc1ccccc1)C(=Cc1c[nH]c2ncccc12)c1ccccc1. The first-order valence-corrected chi connectivity index (χ1v) is 9.32. The Morgan fingerprint density at radius 2 is 1.71 bits per heavy atom. The van der Waals surface area contributed by atoms with E-state index in [-0.39, 0.29) is 5.91 Å². The van der Waals surface area contributed by atoms with Crippen molar-refractivity contribution in [1.29, 1.82) is 0 Å². The molecule has 4 heteroatoms. The van der Waals surface area contributed by atoms with Gasteiger partial charge in [-0.2, -0.15) is 0 Å². The summed E-state index contributed by atoms with van der Waals surface area (Å²) in [6.45, 7) is 0.586. The fourth-order valence-corrected chi connectivity index (χ4v) is 3.21. The predicted octanol–water partition coefficient (Wildman–Crippen LogP) is 4.46. The summed E-state index contributed by atoms with van der Waals surface area (Å²) in [4.78, 5) is 20.5. The Balaban J connectivity index is 1.59. The molecular formula is C24H21N3O. The van der Waals surface area contributed by atoms with Crippen LogP contribution in [-0.4, -0.2) is 22.4 Å². The Bertz CT molecular complexity index is 1100. The number of hydrogen-bond acceptors (Lipinski definition) is 2. The van der Waals surface area contributed by atoms with Crippen molar-refractivity contribution in [2.75, 3.05) is 6.54 Å². The lowest BCUT2D eigenvalue weighted by Gasteiger charge is -2.10. The van der Waals surface area contributed by atoms with E-state index in [1.165, 1.54) is 5.56 Å². The van der Waals surface area contributed by atoms with Gasteiger partial charge >= 0.3 is 0 Å². The van der Waals surface area contributed by atoms with Crippen LogP contribution in [0.2, 0.25) is 0 Å². The molecule has 0 aliphatic rings. The average Bonchev–Trinajstić information content (AvgIpc) is 3.16. The molecule has 1 amide bonds. The molecule has 0 bridgehead atoms. The largest absolute Gasteiger partial charge is 0.352 e. The van der Waals surface area contributed by atoms with Crippen molar-refractivity contribution in [2.45, 2.75) is 6.42 Å². The molecular weight excluding hydrogens is 346 g/mol. The zero-order chi connectivity index (χ0) is 19.2. The molecule has 0 unspecified atom stereocenters. The summed E-state index contributed by atoms with van der Waals surface area (Å²) in [5.41, 5.74) is 4.48. The molecule has 0 spiro atoms. The van der Waals surface area contributed by atoms with Crippen LogP contribution in [0.4, 0.5) is 0 Å². The fourth-order valence-electron chi connectivity index (χ4n) is 3.21. The lowest BCUT2D eigenvalue weighted by molar-refractivity contribution is -0.115. The van der Waals surface area contributed by atoms with Crippen LogP contribution in [-0.2, 0) is 11.2 Å². The van der Waals surface area contributed by atoms with E-state index in [0.29, 0.717) is 12.1 Å². The smallest absolute Gasteiger partial charge is 0.251 e. The van der Waals surface area contributed by atoms with E-state index in [2.05, 4.69) is 27.4 Å². The highest BCUT2D eigenvalue weighted by atomic mass is 16.1. The normalized spacial score (nSPS) is 11.5. The van der Waals surface area contributed by atoms with Crippen molar-refractivity contribution in [2.24, 2.45) is 0 Å². The zero-order valence-electron chi connectivity index (χ0n) is 15.4. The summed E-state index contributed by atoms with van der Waals surface area (Å²) in [5.74, 6) is -0.0830. The molecule has 0 aliphatic carbocycles. The molecule has 0 aliphatic heterocycles. The second kappa shape index (κ2) is 8.35. The van der Waals surface area contributed by atoms with Crippen LogP contribution < -0.4 is 5.32 Å². The number of nitrogens with zero attached hydrogens (tertiary/aromatic N) is 1. The van der Waals surface area contributed by atoms with E-state index in [9.17, 15) is 4.79 Å². The number of nitrogens with one attached hydrogen (secondary N) is 2. The highest BCUT2D eigenvalue weighted by molar-refractivity contribution is 6.24.